The lowest BCUT2D eigenvalue weighted by Gasteiger charge is -2.23. The van der Waals surface area contributed by atoms with Crippen LogP contribution in [0.25, 0.3) is 0 Å². The highest BCUT2D eigenvalue weighted by atomic mass is 79.9. The Kier molecular flexibility index (Phi) is 6.01. The Morgan fingerprint density at radius 2 is 1.85 bits per heavy atom. The third-order valence-electron chi connectivity index (χ3n) is 2.46. The van der Waals surface area contributed by atoms with Gasteiger partial charge in [-0.15, -0.1) is 0 Å². The number of carbonyl (C=O) groups excluding carboxylic acids is 1. The van der Waals surface area contributed by atoms with Gasteiger partial charge >= 0.3 is 5.97 Å². The predicted octanol–water partition coefficient (Wildman–Crippen LogP) is 2.56. The van der Waals surface area contributed by atoms with Crippen LogP contribution in [0.15, 0.2) is 28.7 Å². The number of sulfonamides is 1. The first kappa shape index (κ1) is 17.0. The minimum absolute atomic E-state index is 0.0853. The largest absolute Gasteiger partial charge is 0.462 e. The number of anilines is 1. The van der Waals surface area contributed by atoms with Crippen molar-refractivity contribution < 1.29 is 17.9 Å². The minimum Gasteiger partial charge on any atom is -0.462 e. The molecule has 1 rings (SSSR count). The van der Waals surface area contributed by atoms with E-state index in [0.29, 0.717) is 5.69 Å². The van der Waals surface area contributed by atoms with Crippen molar-refractivity contribution in [2.24, 2.45) is 0 Å². The SMILES string of the molecule is CCS(=O)(=O)N(CC(=O)OC(C)C)c1ccc(Br)cc1. The normalized spacial score (nSPS) is 11.4. The molecule has 0 unspecified atom stereocenters. The van der Waals surface area contributed by atoms with Crippen molar-refractivity contribution in [1.82, 2.24) is 0 Å². The van der Waals surface area contributed by atoms with Gasteiger partial charge in [0.15, 0.2) is 0 Å². The van der Waals surface area contributed by atoms with Gasteiger partial charge in [0.1, 0.15) is 6.54 Å². The van der Waals surface area contributed by atoms with Crippen LogP contribution in [-0.4, -0.2) is 32.8 Å². The summed E-state index contributed by atoms with van der Waals surface area (Å²) in [6.45, 7) is 4.65. The Hall–Kier alpha value is -1.08. The van der Waals surface area contributed by atoms with E-state index in [9.17, 15) is 13.2 Å². The van der Waals surface area contributed by atoms with E-state index in [-0.39, 0.29) is 18.4 Å². The maximum Gasteiger partial charge on any atom is 0.327 e. The van der Waals surface area contributed by atoms with Crippen LogP contribution in [0.5, 0.6) is 0 Å². The van der Waals surface area contributed by atoms with Gasteiger partial charge in [-0.2, -0.15) is 0 Å². The van der Waals surface area contributed by atoms with E-state index in [1.165, 1.54) is 6.92 Å². The Labute approximate surface area is 128 Å². The molecule has 0 aliphatic heterocycles. The molecule has 20 heavy (non-hydrogen) atoms. The molecule has 0 fully saturated rings. The molecule has 0 heterocycles. The molecule has 0 aliphatic rings. The van der Waals surface area contributed by atoms with Crippen LogP contribution >= 0.6 is 15.9 Å². The summed E-state index contributed by atoms with van der Waals surface area (Å²) in [5, 5.41) is 0. The summed E-state index contributed by atoms with van der Waals surface area (Å²) in [5.41, 5.74) is 0.441. The number of rotatable bonds is 6. The first-order valence-electron chi connectivity index (χ1n) is 6.21. The van der Waals surface area contributed by atoms with Gasteiger partial charge < -0.3 is 4.74 Å². The molecule has 0 amide bonds. The van der Waals surface area contributed by atoms with Crippen LogP contribution in [0.1, 0.15) is 20.8 Å². The van der Waals surface area contributed by atoms with Crippen molar-refractivity contribution in [2.75, 3.05) is 16.6 Å². The number of hydrogen-bond donors (Lipinski definition) is 0. The molecule has 7 heteroatoms. The van der Waals surface area contributed by atoms with E-state index >= 15 is 0 Å². The average molecular weight is 364 g/mol. The van der Waals surface area contributed by atoms with E-state index in [1.807, 2.05) is 0 Å². The van der Waals surface area contributed by atoms with E-state index in [0.717, 1.165) is 8.78 Å². The smallest absolute Gasteiger partial charge is 0.327 e. The quantitative estimate of drug-likeness (QED) is 0.728. The van der Waals surface area contributed by atoms with Crippen LogP contribution in [0.3, 0.4) is 0 Å². The fraction of sp³-hybridized carbons (Fsp3) is 0.462. The Morgan fingerprint density at radius 1 is 1.30 bits per heavy atom. The van der Waals surface area contributed by atoms with Crippen LogP contribution in [-0.2, 0) is 19.6 Å². The van der Waals surface area contributed by atoms with Crippen LogP contribution < -0.4 is 4.31 Å². The lowest BCUT2D eigenvalue weighted by atomic mass is 10.3. The van der Waals surface area contributed by atoms with Crippen LogP contribution in [0, 0.1) is 0 Å². The van der Waals surface area contributed by atoms with Crippen molar-refractivity contribution in [2.45, 2.75) is 26.9 Å². The van der Waals surface area contributed by atoms with Crippen molar-refractivity contribution in [3.63, 3.8) is 0 Å². The molecule has 5 nitrogen and oxygen atoms in total. The molecule has 0 bridgehead atoms. The van der Waals surface area contributed by atoms with Crippen molar-refractivity contribution in [1.29, 1.82) is 0 Å². The zero-order chi connectivity index (χ0) is 15.3. The van der Waals surface area contributed by atoms with Gasteiger partial charge in [0, 0.05) is 4.47 Å². The van der Waals surface area contributed by atoms with Gasteiger partial charge in [0.25, 0.3) is 0 Å². The zero-order valence-electron chi connectivity index (χ0n) is 11.7. The highest BCUT2D eigenvalue weighted by Crippen LogP contribution is 2.21. The molecule has 0 radical (unpaired) electrons. The Bertz CT molecular complexity index is 554. The molecule has 112 valence electrons. The van der Waals surface area contributed by atoms with Gasteiger partial charge in [-0.05, 0) is 45.0 Å². The minimum atomic E-state index is -3.54. The summed E-state index contributed by atoms with van der Waals surface area (Å²) in [5.74, 6) is -0.655. The second kappa shape index (κ2) is 7.08. The maximum absolute atomic E-state index is 12.1. The monoisotopic (exact) mass is 363 g/mol. The maximum atomic E-state index is 12.1. The van der Waals surface area contributed by atoms with Crippen molar-refractivity contribution in [3.05, 3.63) is 28.7 Å². The van der Waals surface area contributed by atoms with Gasteiger partial charge in [-0.25, -0.2) is 8.42 Å². The molecule has 0 aliphatic carbocycles. The summed E-state index contributed by atoms with van der Waals surface area (Å²) in [6, 6.07) is 6.72. The van der Waals surface area contributed by atoms with E-state index < -0.39 is 16.0 Å². The number of hydrogen-bond acceptors (Lipinski definition) is 4. The average Bonchev–Trinajstić information content (AvgIpc) is 2.36. The Morgan fingerprint density at radius 3 is 2.30 bits per heavy atom. The molecular weight excluding hydrogens is 346 g/mol. The van der Waals surface area contributed by atoms with Gasteiger partial charge in [0.05, 0.1) is 17.5 Å². The first-order valence-corrected chi connectivity index (χ1v) is 8.62. The number of ether oxygens (including phenoxy) is 1. The summed E-state index contributed by atoms with van der Waals surface area (Å²) in [6.07, 6.45) is -0.279. The number of esters is 1. The highest BCUT2D eigenvalue weighted by molar-refractivity contribution is 9.10. The predicted molar refractivity (Wildman–Crippen MR) is 82.2 cm³/mol. The topological polar surface area (TPSA) is 63.7 Å². The number of benzene rings is 1. The standard InChI is InChI=1S/C13H18BrNO4S/c1-4-20(17,18)15(9-13(16)19-10(2)3)12-7-5-11(14)6-8-12/h5-8,10H,4,9H2,1-3H3. The van der Waals surface area contributed by atoms with Crippen molar-refractivity contribution >= 4 is 37.6 Å². The molecule has 0 atom stereocenters. The van der Waals surface area contributed by atoms with E-state index in [4.69, 9.17) is 4.74 Å². The molecule has 0 saturated carbocycles. The molecule has 0 aromatic heterocycles. The number of halogens is 1. The molecule has 0 saturated heterocycles. The third-order valence-corrected chi connectivity index (χ3v) is 4.72. The summed E-state index contributed by atoms with van der Waals surface area (Å²) in [4.78, 5) is 11.7. The second-order valence-corrected chi connectivity index (χ2v) is 7.52. The number of carbonyl (C=O) groups is 1. The fourth-order valence-electron chi connectivity index (χ4n) is 1.53. The van der Waals surface area contributed by atoms with Crippen molar-refractivity contribution in [3.8, 4) is 0 Å². The third kappa shape index (κ3) is 4.79. The van der Waals surface area contributed by atoms with Gasteiger partial charge in [0.2, 0.25) is 10.0 Å². The Balaban J connectivity index is 3.04. The van der Waals surface area contributed by atoms with E-state index in [1.54, 1.807) is 38.1 Å². The lowest BCUT2D eigenvalue weighted by Crippen LogP contribution is -2.38. The summed E-state index contributed by atoms with van der Waals surface area (Å²) in [7, 11) is -3.54. The molecule has 1 aromatic carbocycles. The summed E-state index contributed by atoms with van der Waals surface area (Å²) >= 11 is 3.29. The van der Waals surface area contributed by atoms with Crippen LogP contribution in [0.4, 0.5) is 5.69 Å². The van der Waals surface area contributed by atoms with Gasteiger partial charge in [-0.3, -0.25) is 9.10 Å². The summed E-state index contributed by atoms with van der Waals surface area (Å²) < 4.78 is 31.1. The first-order chi connectivity index (χ1) is 9.26. The zero-order valence-corrected chi connectivity index (χ0v) is 14.1. The van der Waals surface area contributed by atoms with E-state index in [2.05, 4.69) is 15.9 Å². The molecule has 1 aromatic rings. The molecule has 0 spiro atoms. The second-order valence-electron chi connectivity index (χ2n) is 4.42. The van der Waals surface area contributed by atoms with Crippen LogP contribution in [0.2, 0.25) is 0 Å². The molecule has 0 N–H and O–H groups in total. The van der Waals surface area contributed by atoms with Gasteiger partial charge in [-0.1, -0.05) is 15.9 Å². The number of nitrogens with zero attached hydrogens (tertiary/aromatic N) is 1. The highest BCUT2D eigenvalue weighted by Gasteiger charge is 2.24. The lowest BCUT2D eigenvalue weighted by molar-refractivity contribution is -0.145. The molecular formula is C13H18BrNO4S. The fourth-order valence-corrected chi connectivity index (χ4v) is 2.85.